The zero-order chi connectivity index (χ0) is 10.4. The lowest BCUT2D eigenvalue weighted by molar-refractivity contribution is -0.188. The highest BCUT2D eigenvalue weighted by atomic mass is 16.7. The predicted octanol–water partition coefficient (Wildman–Crippen LogP) is 2.72. The Balaban J connectivity index is 2.48. The van der Waals surface area contributed by atoms with E-state index in [-0.39, 0.29) is 11.9 Å². The van der Waals surface area contributed by atoms with Crippen molar-refractivity contribution < 1.29 is 9.47 Å². The first kappa shape index (κ1) is 11.6. The maximum atomic E-state index is 5.81. The minimum absolute atomic E-state index is 0.186. The first-order valence-electron chi connectivity index (χ1n) is 5.49. The van der Waals surface area contributed by atoms with E-state index in [2.05, 4.69) is 5.92 Å². The van der Waals surface area contributed by atoms with Crippen LogP contribution in [0, 0.1) is 12.3 Å². The molecule has 1 aliphatic rings. The Labute approximate surface area is 87.0 Å². The molecule has 1 saturated carbocycles. The lowest BCUT2D eigenvalue weighted by atomic mass is 9.85. The molecule has 0 N–H and O–H groups in total. The number of ether oxygens (including phenoxy) is 2. The molecule has 14 heavy (non-hydrogen) atoms. The van der Waals surface area contributed by atoms with Crippen molar-refractivity contribution in [2.75, 3.05) is 6.61 Å². The largest absolute Gasteiger partial charge is 0.353 e. The van der Waals surface area contributed by atoms with Gasteiger partial charge in [-0.2, -0.15) is 0 Å². The molecule has 0 bridgehead atoms. The first-order chi connectivity index (χ1) is 6.72. The summed E-state index contributed by atoms with van der Waals surface area (Å²) in [6, 6.07) is 0. The number of rotatable bonds is 4. The Bertz CT molecular complexity index is 199. The van der Waals surface area contributed by atoms with Gasteiger partial charge in [-0.15, -0.1) is 6.42 Å². The van der Waals surface area contributed by atoms with Crippen molar-refractivity contribution in [3.63, 3.8) is 0 Å². The smallest absolute Gasteiger partial charge is 0.156 e. The minimum atomic E-state index is -0.354. The Morgan fingerprint density at radius 2 is 2.00 bits per heavy atom. The molecule has 1 aliphatic carbocycles. The van der Waals surface area contributed by atoms with Gasteiger partial charge in [0, 0.05) is 6.61 Å². The van der Waals surface area contributed by atoms with Crippen molar-refractivity contribution in [2.45, 2.75) is 57.8 Å². The molecule has 0 heterocycles. The summed E-state index contributed by atoms with van der Waals surface area (Å²) in [5.41, 5.74) is -0.354. The van der Waals surface area contributed by atoms with Crippen LogP contribution in [0.5, 0.6) is 0 Å². The molecule has 1 atom stereocenters. The summed E-state index contributed by atoms with van der Waals surface area (Å²) >= 11 is 0. The van der Waals surface area contributed by atoms with Gasteiger partial charge in [-0.3, -0.25) is 0 Å². The van der Waals surface area contributed by atoms with E-state index in [0.29, 0.717) is 6.61 Å². The quantitative estimate of drug-likeness (QED) is 0.508. The second-order valence-corrected chi connectivity index (χ2v) is 3.84. The van der Waals surface area contributed by atoms with Gasteiger partial charge in [0.05, 0.1) is 0 Å². The number of terminal acetylenes is 1. The fraction of sp³-hybridized carbons (Fsp3) is 0.833. The molecule has 0 aromatic heterocycles. The van der Waals surface area contributed by atoms with Crippen LogP contribution in [0.1, 0.15) is 46.0 Å². The van der Waals surface area contributed by atoms with Gasteiger partial charge in [-0.1, -0.05) is 12.3 Å². The van der Waals surface area contributed by atoms with Crippen molar-refractivity contribution >= 4 is 0 Å². The average Bonchev–Trinajstić information content (AvgIpc) is 2.19. The van der Waals surface area contributed by atoms with Crippen LogP contribution in [0.15, 0.2) is 0 Å². The van der Waals surface area contributed by atoms with Gasteiger partial charge < -0.3 is 9.47 Å². The van der Waals surface area contributed by atoms with E-state index in [1.54, 1.807) is 0 Å². The Morgan fingerprint density at radius 3 is 2.50 bits per heavy atom. The van der Waals surface area contributed by atoms with Crippen molar-refractivity contribution in [3.05, 3.63) is 0 Å². The molecule has 0 aromatic carbocycles. The van der Waals surface area contributed by atoms with Crippen molar-refractivity contribution in [1.82, 2.24) is 0 Å². The van der Waals surface area contributed by atoms with E-state index in [1.165, 1.54) is 19.3 Å². The Hall–Kier alpha value is -0.520. The molecule has 0 aliphatic heterocycles. The molecule has 1 unspecified atom stereocenters. The highest BCUT2D eigenvalue weighted by Crippen LogP contribution is 2.32. The van der Waals surface area contributed by atoms with Gasteiger partial charge in [-0.25, -0.2) is 0 Å². The van der Waals surface area contributed by atoms with Crippen LogP contribution in [0.2, 0.25) is 0 Å². The highest BCUT2D eigenvalue weighted by Gasteiger charge is 2.32. The fourth-order valence-electron chi connectivity index (χ4n) is 2.01. The molecule has 0 aromatic rings. The van der Waals surface area contributed by atoms with Gasteiger partial charge in [0.1, 0.15) is 5.60 Å². The lowest BCUT2D eigenvalue weighted by Crippen LogP contribution is -2.37. The van der Waals surface area contributed by atoms with Gasteiger partial charge in [0.25, 0.3) is 0 Å². The summed E-state index contributed by atoms with van der Waals surface area (Å²) in [4.78, 5) is 0. The van der Waals surface area contributed by atoms with Gasteiger partial charge in [0.15, 0.2) is 6.29 Å². The van der Waals surface area contributed by atoms with Crippen LogP contribution in [0.4, 0.5) is 0 Å². The standard InChI is InChI=1S/C12H20O2/c1-4-12(9-7-6-8-10-12)14-11(3)13-5-2/h1,11H,5-10H2,2-3H3. The fourth-order valence-corrected chi connectivity index (χ4v) is 2.01. The molecule has 0 radical (unpaired) electrons. The highest BCUT2D eigenvalue weighted by molar-refractivity contribution is 5.09. The third-order valence-corrected chi connectivity index (χ3v) is 2.72. The minimum Gasteiger partial charge on any atom is -0.353 e. The van der Waals surface area contributed by atoms with Crippen LogP contribution < -0.4 is 0 Å². The van der Waals surface area contributed by atoms with Crippen molar-refractivity contribution in [1.29, 1.82) is 0 Å². The molecule has 80 valence electrons. The van der Waals surface area contributed by atoms with E-state index in [9.17, 15) is 0 Å². The zero-order valence-electron chi connectivity index (χ0n) is 9.21. The summed E-state index contributed by atoms with van der Waals surface area (Å²) in [6.45, 7) is 4.54. The second kappa shape index (κ2) is 5.38. The molecular weight excluding hydrogens is 176 g/mol. The molecule has 2 heteroatoms. The molecule has 1 fully saturated rings. The van der Waals surface area contributed by atoms with Gasteiger partial charge in [0.2, 0.25) is 0 Å². The van der Waals surface area contributed by atoms with Gasteiger partial charge in [-0.05, 0) is 39.5 Å². The third-order valence-electron chi connectivity index (χ3n) is 2.72. The summed E-state index contributed by atoms with van der Waals surface area (Å²) in [6.07, 6.45) is 10.9. The predicted molar refractivity (Wildman–Crippen MR) is 56.8 cm³/mol. The normalized spacial score (nSPS) is 22.6. The lowest BCUT2D eigenvalue weighted by Gasteiger charge is -2.34. The summed E-state index contributed by atoms with van der Waals surface area (Å²) in [5.74, 6) is 2.80. The topological polar surface area (TPSA) is 18.5 Å². The van der Waals surface area contributed by atoms with Crippen LogP contribution in [0.25, 0.3) is 0 Å². The molecule has 0 amide bonds. The number of hydrogen-bond donors (Lipinski definition) is 0. The average molecular weight is 196 g/mol. The molecular formula is C12H20O2. The Morgan fingerprint density at radius 1 is 1.36 bits per heavy atom. The maximum absolute atomic E-state index is 5.81. The zero-order valence-corrected chi connectivity index (χ0v) is 9.21. The van der Waals surface area contributed by atoms with E-state index in [4.69, 9.17) is 15.9 Å². The van der Waals surface area contributed by atoms with Crippen molar-refractivity contribution in [3.8, 4) is 12.3 Å². The van der Waals surface area contributed by atoms with E-state index < -0.39 is 0 Å². The van der Waals surface area contributed by atoms with Crippen molar-refractivity contribution in [2.24, 2.45) is 0 Å². The SMILES string of the molecule is C#CC1(OC(C)OCC)CCCCC1. The maximum Gasteiger partial charge on any atom is 0.156 e. The molecule has 2 nitrogen and oxygen atoms in total. The van der Waals surface area contributed by atoms with E-state index >= 15 is 0 Å². The summed E-state index contributed by atoms with van der Waals surface area (Å²) < 4.78 is 11.2. The second-order valence-electron chi connectivity index (χ2n) is 3.84. The first-order valence-corrected chi connectivity index (χ1v) is 5.49. The van der Waals surface area contributed by atoms with Crippen LogP contribution in [-0.4, -0.2) is 18.5 Å². The molecule has 0 saturated heterocycles. The monoisotopic (exact) mass is 196 g/mol. The van der Waals surface area contributed by atoms with E-state index in [0.717, 1.165) is 12.8 Å². The molecule has 0 spiro atoms. The third kappa shape index (κ3) is 3.01. The summed E-state index contributed by atoms with van der Waals surface area (Å²) in [5, 5.41) is 0. The van der Waals surface area contributed by atoms with Crippen LogP contribution in [-0.2, 0) is 9.47 Å². The molecule has 1 rings (SSSR count). The van der Waals surface area contributed by atoms with Crippen LogP contribution in [0.3, 0.4) is 0 Å². The number of hydrogen-bond acceptors (Lipinski definition) is 2. The van der Waals surface area contributed by atoms with Gasteiger partial charge >= 0.3 is 0 Å². The van der Waals surface area contributed by atoms with Crippen LogP contribution >= 0.6 is 0 Å². The Kier molecular flexibility index (Phi) is 4.44. The van der Waals surface area contributed by atoms with E-state index in [1.807, 2.05) is 13.8 Å². The summed E-state index contributed by atoms with van der Waals surface area (Å²) in [7, 11) is 0.